The van der Waals surface area contributed by atoms with Crippen LogP contribution in [0.5, 0.6) is 5.75 Å². The number of methoxy groups -OCH3 is 1. The smallest absolute Gasteiger partial charge is 0.246 e. The predicted octanol–water partition coefficient (Wildman–Crippen LogP) is 2.07. The number of benzene rings is 1. The first kappa shape index (κ1) is 17.0. The van der Waals surface area contributed by atoms with E-state index in [1.54, 1.807) is 18.2 Å². The van der Waals surface area contributed by atoms with Crippen molar-refractivity contribution in [2.45, 2.75) is 18.4 Å². The number of ether oxygens (including phenoxy) is 1. The van der Waals surface area contributed by atoms with E-state index in [1.165, 1.54) is 39.5 Å². The standard InChI is InChI=1S/C15H18N2O5S/c1-11(18)16-12-6-7-14(21-3)15(9-12)23(19,20)17(2)10-13-5-4-8-22-13/h4-9H,10H2,1-3H3,(H,16,18). The summed E-state index contributed by atoms with van der Waals surface area (Å²) >= 11 is 0. The SMILES string of the molecule is COc1ccc(NC(C)=O)cc1S(=O)(=O)N(C)Cc1ccco1. The van der Waals surface area contributed by atoms with Crippen molar-refractivity contribution in [2.75, 3.05) is 19.5 Å². The Morgan fingerprint density at radius 3 is 2.65 bits per heavy atom. The molecule has 1 N–H and O–H groups in total. The first-order valence-corrected chi connectivity index (χ1v) is 8.23. The molecule has 23 heavy (non-hydrogen) atoms. The van der Waals surface area contributed by atoms with E-state index in [-0.39, 0.29) is 23.1 Å². The lowest BCUT2D eigenvalue weighted by Crippen LogP contribution is -2.27. The van der Waals surface area contributed by atoms with Crippen LogP contribution in [0.3, 0.4) is 0 Å². The first-order valence-electron chi connectivity index (χ1n) is 6.79. The summed E-state index contributed by atoms with van der Waals surface area (Å²) in [7, 11) is -0.984. The molecule has 0 unspecified atom stereocenters. The molecule has 1 aromatic heterocycles. The number of furan rings is 1. The highest BCUT2D eigenvalue weighted by atomic mass is 32.2. The van der Waals surface area contributed by atoms with E-state index in [0.717, 1.165) is 4.31 Å². The highest BCUT2D eigenvalue weighted by Crippen LogP contribution is 2.29. The van der Waals surface area contributed by atoms with E-state index in [2.05, 4.69) is 5.32 Å². The number of amides is 1. The summed E-state index contributed by atoms with van der Waals surface area (Å²) in [5.74, 6) is 0.431. The number of hydrogen-bond donors (Lipinski definition) is 1. The maximum absolute atomic E-state index is 12.8. The van der Waals surface area contributed by atoms with Crippen molar-refractivity contribution in [3.8, 4) is 5.75 Å². The Hall–Kier alpha value is -2.32. The molecule has 1 heterocycles. The molecular weight excluding hydrogens is 320 g/mol. The fourth-order valence-corrected chi connectivity index (χ4v) is 3.35. The Bertz CT molecular complexity index is 784. The summed E-state index contributed by atoms with van der Waals surface area (Å²) in [4.78, 5) is 11.1. The van der Waals surface area contributed by atoms with Gasteiger partial charge >= 0.3 is 0 Å². The topological polar surface area (TPSA) is 88.8 Å². The maximum Gasteiger partial charge on any atom is 0.246 e. The summed E-state index contributed by atoms with van der Waals surface area (Å²) in [6.07, 6.45) is 1.48. The van der Waals surface area contributed by atoms with E-state index in [1.807, 2.05) is 0 Å². The number of carbonyl (C=O) groups excluding carboxylic acids is 1. The lowest BCUT2D eigenvalue weighted by molar-refractivity contribution is -0.114. The molecule has 7 nitrogen and oxygen atoms in total. The van der Waals surface area contributed by atoms with Gasteiger partial charge in [-0.3, -0.25) is 4.79 Å². The fourth-order valence-electron chi connectivity index (χ4n) is 2.03. The summed E-state index contributed by atoms with van der Waals surface area (Å²) < 4.78 is 37.0. The Balaban J connectivity index is 2.38. The summed E-state index contributed by atoms with van der Waals surface area (Å²) in [5, 5.41) is 2.56. The van der Waals surface area contributed by atoms with Gasteiger partial charge in [-0.15, -0.1) is 0 Å². The van der Waals surface area contributed by atoms with Crippen LogP contribution in [0.15, 0.2) is 45.9 Å². The number of hydrogen-bond acceptors (Lipinski definition) is 5. The largest absolute Gasteiger partial charge is 0.495 e. The van der Waals surface area contributed by atoms with Crippen LogP contribution in [-0.4, -0.2) is 32.8 Å². The van der Waals surface area contributed by atoms with Gasteiger partial charge in [0.25, 0.3) is 0 Å². The molecule has 0 atom stereocenters. The summed E-state index contributed by atoms with van der Waals surface area (Å²) in [5.41, 5.74) is 0.378. The zero-order valence-electron chi connectivity index (χ0n) is 13.1. The molecule has 0 saturated carbocycles. The minimum atomic E-state index is -3.82. The van der Waals surface area contributed by atoms with E-state index < -0.39 is 10.0 Å². The van der Waals surface area contributed by atoms with Crippen LogP contribution >= 0.6 is 0 Å². The normalized spacial score (nSPS) is 11.5. The van der Waals surface area contributed by atoms with Crippen molar-refractivity contribution in [3.63, 3.8) is 0 Å². The molecule has 0 spiro atoms. The number of rotatable bonds is 6. The molecule has 1 amide bonds. The first-order chi connectivity index (χ1) is 10.8. The molecular formula is C15H18N2O5S. The van der Waals surface area contributed by atoms with Crippen LogP contribution in [0, 0.1) is 0 Å². The van der Waals surface area contributed by atoms with Crippen molar-refractivity contribution in [1.29, 1.82) is 0 Å². The van der Waals surface area contributed by atoms with Crippen molar-refractivity contribution < 1.29 is 22.4 Å². The number of nitrogens with one attached hydrogen (secondary N) is 1. The Labute approximate surface area is 134 Å². The van der Waals surface area contributed by atoms with Crippen molar-refractivity contribution in [3.05, 3.63) is 42.4 Å². The molecule has 0 aliphatic heterocycles. The Morgan fingerprint density at radius 1 is 1.35 bits per heavy atom. The summed E-state index contributed by atoms with van der Waals surface area (Å²) in [6, 6.07) is 7.82. The maximum atomic E-state index is 12.8. The predicted molar refractivity (Wildman–Crippen MR) is 84.7 cm³/mol. The van der Waals surface area contributed by atoms with Crippen molar-refractivity contribution in [2.24, 2.45) is 0 Å². The third-order valence-corrected chi connectivity index (χ3v) is 4.96. The molecule has 2 rings (SSSR count). The minimum Gasteiger partial charge on any atom is -0.495 e. The average Bonchev–Trinajstić information content (AvgIpc) is 2.99. The van der Waals surface area contributed by atoms with Gasteiger partial charge in [0.2, 0.25) is 15.9 Å². The molecule has 0 aliphatic rings. The number of sulfonamides is 1. The van der Waals surface area contributed by atoms with Crippen LogP contribution in [0.1, 0.15) is 12.7 Å². The van der Waals surface area contributed by atoms with Gasteiger partial charge < -0.3 is 14.5 Å². The number of carbonyl (C=O) groups is 1. The van der Waals surface area contributed by atoms with Gasteiger partial charge in [-0.2, -0.15) is 4.31 Å². The van der Waals surface area contributed by atoms with Gasteiger partial charge in [0.05, 0.1) is 19.9 Å². The lowest BCUT2D eigenvalue weighted by atomic mass is 10.3. The highest BCUT2D eigenvalue weighted by Gasteiger charge is 2.26. The quantitative estimate of drug-likeness (QED) is 0.871. The van der Waals surface area contributed by atoms with Crippen molar-refractivity contribution >= 4 is 21.6 Å². The zero-order chi connectivity index (χ0) is 17.0. The zero-order valence-corrected chi connectivity index (χ0v) is 13.9. The molecule has 2 aromatic rings. The van der Waals surface area contributed by atoms with Crippen LogP contribution in [0.2, 0.25) is 0 Å². The summed E-state index contributed by atoms with van der Waals surface area (Å²) in [6.45, 7) is 1.43. The van der Waals surface area contributed by atoms with E-state index in [9.17, 15) is 13.2 Å². The number of anilines is 1. The van der Waals surface area contributed by atoms with Crippen LogP contribution in [0.25, 0.3) is 0 Å². The van der Waals surface area contributed by atoms with Crippen molar-refractivity contribution in [1.82, 2.24) is 4.31 Å². The van der Waals surface area contributed by atoms with Crippen LogP contribution in [-0.2, 0) is 21.4 Å². The van der Waals surface area contributed by atoms with Crippen LogP contribution in [0.4, 0.5) is 5.69 Å². The van der Waals surface area contributed by atoms with Gasteiger partial charge in [0.1, 0.15) is 16.4 Å². The molecule has 1 aromatic carbocycles. The lowest BCUT2D eigenvalue weighted by Gasteiger charge is -2.18. The molecule has 0 bridgehead atoms. The second-order valence-electron chi connectivity index (χ2n) is 4.89. The van der Waals surface area contributed by atoms with Gasteiger partial charge in [-0.1, -0.05) is 0 Å². The molecule has 0 fully saturated rings. The second-order valence-corrected chi connectivity index (χ2v) is 6.90. The van der Waals surface area contributed by atoms with Gasteiger partial charge in [0, 0.05) is 19.7 Å². The molecule has 0 saturated heterocycles. The second kappa shape index (κ2) is 6.84. The van der Waals surface area contributed by atoms with Gasteiger partial charge in [-0.25, -0.2) is 8.42 Å². The minimum absolute atomic E-state index is 0.0275. The molecule has 124 valence electrons. The Morgan fingerprint density at radius 2 is 2.09 bits per heavy atom. The van der Waals surface area contributed by atoms with E-state index >= 15 is 0 Å². The highest BCUT2D eigenvalue weighted by molar-refractivity contribution is 7.89. The van der Waals surface area contributed by atoms with Gasteiger partial charge in [-0.05, 0) is 30.3 Å². The molecule has 0 aliphatic carbocycles. The number of nitrogens with zero attached hydrogens (tertiary/aromatic N) is 1. The van der Waals surface area contributed by atoms with E-state index in [4.69, 9.17) is 9.15 Å². The average molecular weight is 338 g/mol. The molecule has 0 radical (unpaired) electrons. The fraction of sp³-hybridized carbons (Fsp3) is 0.267. The van der Waals surface area contributed by atoms with E-state index in [0.29, 0.717) is 11.4 Å². The van der Waals surface area contributed by atoms with Gasteiger partial charge in [0.15, 0.2) is 0 Å². The third-order valence-electron chi connectivity index (χ3n) is 3.13. The monoisotopic (exact) mass is 338 g/mol. The Kier molecular flexibility index (Phi) is 5.07. The third kappa shape index (κ3) is 3.91. The van der Waals surface area contributed by atoms with Crippen LogP contribution < -0.4 is 10.1 Å². The molecule has 8 heteroatoms.